The molecule has 0 saturated carbocycles. The van der Waals surface area contributed by atoms with E-state index in [4.69, 9.17) is 0 Å². The average Bonchev–Trinajstić information content (AvgIpc) is 2.69. The van der Waals surface area contributed by atoms with E-state index in [1.807, 2.05) is 13.0 Å². The monoisotopic (exact) mass is 315 g/mol. The normalized spacial score (nSPS) is 18.9. The number of aryl methyl sites for hydroxylation is 1. The zero-order valence-electron chi connectivity index (χ0n) is 8.99. The van der Waals surface area contributed by atoms with Crippen molar-refractivity contribution in [2.45, 2.75) is 13.0 Å². The number of hydrogen-bond acceptors (Lipinski definition) is 4. The van der Waals surface area contributed by atoms with Gasteiger partial charge in [0.2, 0.25) is 5.91 Å². The van der Waals surface area contributed by atoms with Gasteiger partial charge in [-0.25, -0.2) is 4.98 Å². The quantitative estimate of drug-likeness (QED) is 0.874. The molecule has 17 heavy (non-hydrogen) atoms. The van der Waals surface area contributed by atoms with Crippen LogP contribution in [0.5, 0.6) is 0 Å². The van der Waals surface area contributed by atoms with Gasteiger partial charge in [0.15, 0.2) is 0 Å². The van der Waals surface area contributed by atoms with E-state index in [0.717, 1.165) is 21.8 Å². The van der Waals surface area contributed by atoms with E-state index in [1.165, 1.54) is 0 Å². The van der Waals surface area contributed by atoms with Gasteiger partial charge < -0.3 is 10.6 Å². The Kier molecular flexibility index (Phi) is 3.68. The van der Waals surface area contributed by atoms with Crippen LogP contribution >= 0.6 is 27.7 Å². The number of rotatable bonds is 2. The largest absolute Gasteiger partial charge is 0.334 e. The summed E-state index contributed by atoms with van der Waals surface area (Å²) in [6, 6.07) is 1.39. The minimum atomic E-state index is -0.475. The first kappa shape index (κ1) is 12.4. The molecule has 1 saturated heterocycles. The van der Waals surface area contributed by atoms with Crippen molar-refractivity contribution in [3.05, 3.63) is 22.3 Å². The summed E-state index contributed by atoms with van der Waals surface area (Å²) in [6.07, 6.45) is 1.62. The van der Waals surface area contributed by atoms with Crippen LogP contribution in [0.15, 0.2) is 16.7 Å². The molecule has 0 spiro atoms. The fraction of sp³-hybridized carbons (Fsp3) is 0.300. The molecule has 1 aromatic rings. The van der Waals surface area contributed by atoms with E-state index in [1.54, 1.807) is 6.20 Å². The van der Waals surface area contributed by atoms with E-state index >= 15 is 0 Å². The molecule has 7 heteroatoms. The third-order valence-electron chi connectivity index (χ3n) is 2.28. The molecule has 1 fully saturated rings. The maximum absolute atomic E-state index is 11.8. The van der Waals surface area contributed by atoms with Crippen LogP contribution in [0.4, 0.5) is 10.6 Å². The van der Waals surface area contributed by atoms with Crippen molar-refractivity contribution in [3.8, 4) is 0 Å². The highest BCUT2D eigenvalue weighted by Gasteiger charge is 2.28. The topological polar surface area (TPSA) is 71.1 Å². The van der Waals surface area contributed by atoms with Gasteiger partial charge in [-0.1, -0.05) is 11.8 Å². The first-order valence-electron chi connectivity index (χ1n) is 4.92. The van der Waals surface area contributed by atoms with Gasteiger partial charge in [0.25, 0.3) is 5.24 Å². The lowest BCUT2D eigenvalue weighted by atomic mass is 10.2. The Morgan fingerprint density at radius 3 is 3.06 bits per heavy atom. The Labute approximate surface area is 111 Å². The zero-order valence-corrected chi connectivity index (χ0v) is 11.4. The van der Waals surface area contributed by atoms with Crippen molar-refractivity contribution in [3.63, 3.8) is 0 Å². The van der Waals surface area contributed by atoms with Crippen molar-refractivity contribution in [2.75, 3.05) is 11.1 Å². The first-order chi connectivity index (χ1) is 8.06. The van der Waals surface area contributed by atoms with E-state index in [2.05, 4.69) is 31.5 Å². The molecular formula is C10H10BrN3O2S. The lowest BCUT2D eigenvalue weighted by molar-refractivity contribution is -0.117. The fourth-order valence-corrected chi connectivity index (χ4v) is 2.63. The van der Waals surface area contributed by atoms with Crippen LogP contribution in [0.1, 0.15) is 5.56 Å². The second-order valence-electron chi connectivity index (χ2n) is 3.60. The molecule has 1 atom stereocenters. The molecule has 2 N–H and O–H groups in total. The average molecular weight is 316 g/mol. The molecule has 2 amide bonds. The van der Waals surface area contributed by atoms with Crippen LogP contribution in [0, 0.1) is 6.92 Å². The Balaban J connectivity index is 2.05. The van der Waals surface area contributed by atoms with E-state index in [-0.39, 0.29) is 11.1 Å². The maximum Gasteiger partial charge on any atom is 0.279 e. The Morgan fingerprint density at radius 2 is 2.47 bits per heavy atom. The van der Waals surface area contributed by atoms with Gasteiger partial charge in [0.1, 0.15) is 11.9 Å². The maximum atomic E-state index is 11.8. The summed E-state index contributed by atoms with van der Waals surface area (Å²) in [6.45, 7) is 1.86. The van der Waals surface area contributed by atoms with Crippen molar-refractivity contribution in [1.29, 1.82) is 0 Å². The summed E-state index contributed by atoms with van der Waals surface area (Å²) in [5, 5.41) is 5.12. The van der Waals surface area contributed by atoms with Crippen LogP contribution in [0.25, 0.3) is 0 Å². The lowest BCUT2D eigenvalue weighted by Gasteiger charge is -2.11. The summed E-state index contributed by atoms with van der Waals surface area (Å²) in [5.74, 6) is 0.742. The molecule has 5 nitrogen and oxygen atoms in total. The van der Waals surface area contributed by atoms with E-state index in [0.29, 0.717) is 11.6 Å². The molecule has 1 aliphatic rings. The van der Waals surface area contributed by atoms with Crippen LogP contribution in [-0.2, 0) is 4.79 Å². The number of carbonyl (C=O) groups is 2. The third kappa shape index (κ3) is 2.98. The number of hydrogen-bond donors (Lipinski definition) is 2. The first-order valence-corrected chi connectivity index (χ1v) is 6.70. The number of nitrogens with one attached hydrogen (secondary N) is 2. The van der Waals surface area contributed by atoms with E-state index < -0.39 is 6.04 Å². The van der Waals surface area contributed by atoms with Crippen molar-refractivity contribution in [2.24, 2.45) is 0 Å². The predicted molar refractivity (Wildman–Crippen MR) is 70.1 cm³/mol. The summed E-state index contributed by atoms with van der Waals surface area (Å²) < 4.78 is 0.859. The molecule has 2 rings (SSSR count). The van der Waals surface area contributed by atoms with Crippen molar-refractivity contribution >= 4 is 44.7 Å². The van der Waals surface area contributed by atoms with Gasteiger partial charge in [0, 0.05) is 16.4 Å². The molecule has 2 heterocycles. The summed E-state index contributed by atoms with van der Waals surface area (Å²) in [5.41, 5.74) is 0.865. The molecule has 1 aliphatic heterocycles. The summed E-state index contributed by atoms with van der Waals surface area (Å²) in [4.78, 5) is 26.9. The second kappa shape index (κ2) is 5.05. The SMILES string of the molecule is Cc1cc(Br)cnc1NC(=O)C1CSC(=O)N1. The highest BCUT2D eigenvalue weighted by Crippen LogP contribution is 2.18. The van der Waals surface area contributed by atoms with Gasteiger partial charge >= 0.3 is 0 Å². The van der Waals surface area contributed by atoms with Crippen molar-refractivity contribution < 1.29 is 9.59 Å². The standard InChI is InChI=1S/C10H10BrN3O2S/c1-5-2-6(11)3-12-8(5)14-9(15)7-4-17-10(16)13-7/h2-3,7H,4H2,1H3,(H,13,16)(H,12,14,15). The van der Waals surface area contributed by atoms with Gasteiger partial charge in [-0.2, -0.15) is 0 Å². The fourth-order valence-electron chi connectivity index (χ4n) is 1.40. The minimum Gasteiger partial charge on any atom is -0.334 e. The molecule has 1 unspecified atom stereocenters. The van der Waals surface area contributed by atoms with Gasteiger partial charge in [-0.3, -0.25) is 9.59 Å². The van der Waals surface area contributed by atoms with Crippen LogP contribution in [0.3, 0.4) is 0 Å². The Morgan fingerprint density at radius 1 is 1.71 bits per heavy atom. The molecule has 0 aromatic carbocycles. The predicted octanol–water partition coefficient (Wildman–Crippen LogP) is 1.92. The number of pyridine rings is 1. The van der Waals surface area contributed by atoms with E-state index in [9.17, 15) is 9.59 Å². The Hall–Kier alpha value is -1.08. The molecule has 90 valence electrons. The number of amides is 2. The highest BCUT2D eigenvalue weighted by molar-refractivity contribution is 9.10. The zero-order chi connectivity index (χ0) is 12.4. The number of halogens is 1. The van der Waals surface area contributed by atoms with Gasteiger partial charge in [0.05, 0.1) is 0 Å². The number of nitrogens with zero attached hydrogens (tertiary/aromatic N) is 1. The summed E-state index contributed by atoms with van der Waals surface area (Å²) >= 11 is 4.41. The number of carbonyl (C=O) groups excluding carboxylic acids is 2. The number of thioether (sulfide) groups is 1. The highest BCUT2D eigenvalue weighted by atomic mass is 79.9. The third-order valence-corrected chi connectivity index (χ3v) is 3.59. The minimum absolute atomic E-state index is 0.161. The van der Waals surface area contributed by atoms with Crippen LogP contribution in [0.2, 0.25) is 0 Å². The van der Waals surface area contributed by atoms with Crippen LogP contribution < -0.4 is 10.6 Å². The molecule has 0 bridgehead atoms. The second-order valence-corrected chi connectivity index (χ2v) is 5.51. The molecule has 0 radical (unpaired) electrons. The smallest absolute Gasteiger partial charge is 0.279 e. The van der Waals surface area contributed by atoms with Gasteiger partial charge in [-0.15, -0.1) is 0 Å². The summed E-state index contributed by atoms with van der Waals surface area (Å²) in [7, 11) is 0. The Bertz CT molecular complexity index is 481. The molecule has 0 aliphatic carbocycles. The molecular weight excluding hydrogens is 306 g/mol. The van der Waals surface area contributed by atoms with Gasteiger partial charge in [-0.05, 0) is 34.5 Å². The lowest BCUT2D eigenvalue weighted by Crippen LogP contribution is -2.38. The molecule has 1 aromatic heterocycles. The number of anilines is 1. The van der Waals surface area contributed by atoms with Crippen molar-refractivity contribution in [1.82, 2.24) is 10.3 Å². The van der Waals surface area contributed by atoms with Crippen LogP contribution in [-0.4, -0.2) is 27.9 Å². The number of aromatic nitrogens is 1.